The van der Waals surface area contributed by atoms with Gasteiger partial charge in [-0.15, -0.1) is 0 Å². The van der Waals surface area contributed by atoms with E-state index in [0.717, 1.165) is 67.2 Å². The molecule has 0 spiro atoms. The van der Waals surface area contributed by atoms with Crippen LogP contribution in [0.4, 0.5) is 18.9 Å². The number of fused-ring (bicyclic) bond motifs is 1. The van der Waals surface area contributed by atoms with E-state index in [1.165, 1.54) is 12.1 Å². The van der Waals surface area contributed by atoms with Crippen LogP contribution in [0.2, 0.25) is 0 Å². The number of anilines is 1. The van der Waals surface area contributed by atoms with Crippen LogP contribution in [0.1, 0.15) is 24.2 Å². The monoisotopic (exact) mass is 522 g/mol. The van der Waals surface area contributed by atoms with Crippen LogP contribution in [0, 0.1) is 5.92 Å². The molecule has 3 aromatic carbocycles. The quantitative estimate of drug-likeness (QED) is 0.309. The predicted octanol–water partition coefficient (Wildman–Crippen LogP) is 5.98. The summed E-state index contributed by atoms with van der Waals surface area (Å²) in [5, 5.41) is 2.70. The zero-order valence-corrected chi connectivity index (χ0v) is 20.8. The van der Waals surface area contributed by atoms with Gasteiger partial charge >= 0.3 is 6.18 Å². The molecule has 1 fully saturated rings. The summed E-state index contributed by atoms with van der Waals surface area (Å²) < 4.78 is 46.5. The summed E-state index contributed by atoms with van der Waals surface area (Å²) in [4.78, 5) is 19.4. The number of nitrogens with zero attached hydrogens (tertiary/aromatic N) is 3. The maximum atomic E-state index is 12.7. The number of alkyl halides is 3. The number of hydrogen-bond acceptors (Lipinski definition) is 4. The van der Waals surface area contributed by atoms with Crippen molar-refractivity contribution in [3.63, 3.8) is 0 Å². The normalized spacial score (nSPS) is 15.0. The first-order chi connectivity index (χ1) is 18.3. The van der Waals surface area contributed by atoms with E-state index in [-0.39, 0.29) is 12.5 Å². The SMILES string of the molecule is O=C(CN1CCC(Cn2c(COc3ccccc3)nc3ccccc32)CC1)Nc1ccc(C(F)(F)F)cc1. The molecule has 0 unspecified atom stereocenters. The van der Waals surface area contributed by atoms with E-state index in [9.17, 15) is 18.0 Å². The summed E-state index contributed by atoms with van der Waals surface area (Å²) in [5.74, 6) is 1.88. The van der Waals surface area contributed by atoms with E-state index in [2.05, 4.69) is 20.9 Å². The van der Waals surface area contributed by atoms with Crippen LogP contribution in [-0.2, 0) is 24.1 Å². The van der Waals surface area contributed by atoms with E-state index < -0.39 is 11.7 Å². The van der Waals surface area contributed by atoms with E-state index in [1.54, 1.807) is 0 Å². The third kappa shape index (κ3) is 6.34. The highest BCUT2D eigenvalue weighted by Crippen LogP contribution is 2.30. The molecule has 0 aliphatic carbocycles. The van der Waals surface area contributed by atoms with Gasteiger partial charge in [0.2, 0.25) is 5.91 Å². The van der Waals surface area contributed by atoms with Gasteiger partial charge in [0.1, 0.15) is 18.2 Å². The number of ether oxygens (including phenoxy) is 1. The van der Waals surface area contributed by atoms with Crippen LogP contribution in [0.25, 0.3) is 11.0 Å². The van der Waals surface area contributed by atoms with Crippen LogP contribution >= 0.6 is 0 Å². The molecule has 2 heterocycles. The van der Waals surface area contributed by atoms with Crippen molar-refractivity contribution in [3.8, 4) is 5.75 Å². The van der Waals surface area contributed by atoms with Gasteiger partial charge in [-0.3, -0.25) is 9.69 Å². The van der Waals surface area contributed by atoms with Gasteiger partial charge in [-0.2, -0.15) is 13.2 Å². The Morgan fingerprint density at radius 1 is 0.947 bits per heavy atom. The molecule has 1 aliphatic heterocycles. The smallest absolute Gasteiger partial charge is 0.416 e. The topological polar surface area (TPSA) is 59.4 Å². The average Bonchev–Trinajstić information content (AvgIpc) is 3.26. The number of rotatable bonds is 8. The van der Waals surface area contributed by atoms with Gasteiger partial charge in [0.15, 0.2) is 0 Å². The van der Waals surface area contributed by atoms with Crippen molar-refractivity contribution >= 4 is 22.6 Å². The molecule has 1 aliphatic rings. The second-order valence-electron chi connectivity index (χ2n) is 9.57. The minimum absolute atomic E-state index is 0.206. The fraction of sp³-hybridized carbons (Fsp3) is 0.310. The first-order valence-electron chi connectivity index (χ1n) is 12.7. The molecule has 1 N–H and O–H groups in total. The van der Waals surface area contributed by atoms with E-state index in [1.807, 2.05) is 48.5 Å². The highest BCUT2D eigenvalue weighted by atomic mass is 19.4. The number of carbonyl (C=O) groups is 1. The van der Waals surface area contributed by atoms with Crippen molar-refractivity contribution in [2.45, 2.75) is 32.2 Å². The minimum atomic E-state index is -4.40. The number of amides is 1. The molecule has 38 heavy (non-hydrogen) atoms. The largest absolute Gasteiger partial charge is 0.486 e. The molecule has 0 bridgehead atoms. The summed E-state index contributed by atoms with van der Waals surface area (Å²) in [6.45, 7) is 2.94. The third-order valence-electron chi connectivity index (χ3n) is 6.86. The molecule has 6 nitrogen and oxygen atoms in total. The number of likely N-dealkylation sites (tertiary alicyclic amines) is 1. The molecule has 0 atom stereocenters. The lowest BCUT2D eigenvalue weighted by molar-refractivity contribution is -0.137. The van der Waals surface area contributed by atoms with Crippen LogP contribution in [0.5, 0.6) is 5.75 Å². The van der Waals surface area contributed by atoms with Crippen molar-refractivity contribution in [2.24, 2.45) is 5.92 Å². The molecule has 0 saturated carbocycles. The Kier molecular flexibility index (Phi) is 7.64. The molecule has 198 valence electrons. The van der Waals surface area contributed by atoms with Gasteiger partial charge in [0, 0.05) is 12.2 Å². The lowest BCUT2D eigenvalue weighted by Gasteiger charge is -2.32. The number of piperidine rings is 1. The molecule has 1 aromatic heterocycles. The molecular weight excluding hydrogens is 493 g/mol. The number of nitrogens with one attached hydrogen (secondary N) is 1. The molecule has 4 aromatic rings. The lowest BCUT2D eigenvalue weighted by atomic mass is 9.96. The fourth-order valence-electron chi connectivity index (χ4n) is 4.84. The van der Waals surface area contributed by atoms with E-state index in [0.29, 0.717) is 18.2 Å². The van der Waals surface area contributed by atoms with Crippen molar-refractivity contribution in [1.82, 2.24) is 14.5 Å². The second-order valence-corrected chi connectivity index (χ2v) is 9.57. The van der Waals surface area contributed by atoms with Crippen LogP contribution < -0.4 is 10.1 Å². The van der Waals surface area contributed by atoms with Gasteiger partial charge in [-0.05, 0) is 80.4 Å². The van der Waals surface area contributed by atoms with Crippen LogP contribution in [0.15, 0.2) is 78.9 Å². The molecule has 5 rings (SSSR count). The Hall–Kier alpha value is -3.85. The predicted molar refractivity (Wildman–Crippen MR) is 140 cm³/mol. The van der Waals surface area contributed by atoms with Gasteiger partial charge in [0.05, 0.1) is 23.1 Å². The Balaban J connectivity index is 1.16. The summed E-state index contributed by atoms with van der Waals surface area (Å²) in [7, 11) is 0. The van der Waals surface area contributed by atoms with E-state index >= 15 is 0 Å². The number of carbonyl (C=O) groups excluding carboxylic acids is 1. The van der Waals surface area contributed by atoms with Crippen LogP contribution in [-0.4, -0.2) is 40.0 Å². The number of para-hydroxylation sites is 3. The van der Waals surface area contributed by atoms with Gasteiger partial charge in [-0.25, -0.2) is 4.98 Å². The third-order valence-corrected chi connectivity index (χ3v) is 6.86. The van der Waals surface area contributed by atoms with Gasteiger partial charge in [0.25, 0.3) is 0 Å². The summed E-state index contributed by atoms with van der Waals surface area (Å²) >= 11 is 0. The van der Waals surface area contributed by atoms with Gasteiger partial charge in [-0.1, -0.05) is 30.3 Å². The molecule has 0 radical (unpaired) electrons. The zero-order chi connectivity index (χ0) is 26.5. The first-order valence-corrected chi connectivity index (χ1v) is 12.7. The summed E-state index contributed by atoms with van der Waals surface area (Å²) in [5.41, 5.74) is 1.64. The van der Waals surface area contributed by atoms with Crippen molar-refractivity contribution in [3.05, 3.63) is 90.3 Å². The Labute approximate surface area is 219 Å². The van der Waals surface area contributed by atoms with Gasteiger partial charge < -0.3 is 14.6 Å². The second kappa shape index (κ2) is 11.3. The molecule has 1 amide bonds. The first kappa shape index (κ1) is 25.8. The molecule has 9 heteroatoms. The Morgan fingerprint density at radius 3 is 2.34 bits per heavy atom. The van der Waals surface area contributed by atoms with Crippen molar-refractivity contribution in [2.75, 3.05) is 25.0 Å². The fourth-order valence-corrected chi connectivity index (χ4v) is 4.84. The Morgan fingerprint density at radius 2 is 1.63 bits per heavy atom. The molecular formula is C29H29F3N4O2. The maximum Gasteiger partial charge on any atom is 0.416 e. The average molecular weight is 523 g/mol. The molecule has 1 saturated heterocycles. The minimum Gasteiger partial charge on any atom is -0.486 e. The van der Waals surface area contributed by atoms with Crippen molar-refractivity contribution < 1.29 is 22.7 Å². The Bertz CT molecular complexity index is 1360. The maximum absolute atomic E-state index is 12.7. The highest BCUT2D eigenvalue weighted by molar-refractivity contribution is 5.92. The van der Waals surface area contributed by atoms with Crippen molar-refractivity contribution in [1.29, 1.82) is 0 Å². The number of halogens is 3. The summed E-state index contributed by atoms with van der Waals surface area (Å²) in [6, 6.07) is 22.3. The zero-order valence-electron chi connectivity index (χ0n) is 20.8. The highest BCUT2D eigenvalue weighted by Gasteiger charge is 2.30. The lowest BCUT2D eigenvalue weighted by Crippen LogP contribution is -2.40. The van der Waals surface area contributed by atoms with Crippen LogP contribution in [0.3, 0.4) is 0 Å². The number of benzene rings is 3. The summed E-state index contributed by atoms with van der Waals surface area (Å²) in [6.07, 6.45) is -2.54. The standard InChI is InChI=1S/C29H29F3N4O2/c30-29(31,32)22-10-12-23(13-11-22)33-28(37)19-35-16-14-21(15-17-35)18-36-26-9-5-4-8-25(26)34-27(36)20-38-24-6-2-1-3-7-24/h1-13,21H,14-20H2,(H,33,37). The number of imidazole rings is 1. The number of hydrogen-bond donors (Lipinski definition) is 1. The van der Waals surface area contributed by atoms with E-state index in [4.69, 9.17) is 9.72 Å². The number of aromatic nitrogens is 2.